The zero-order chi connectivity index (χ0) is 11.8. The summed E-state index contributed by atoms with van der Waals surface area (Å²) in [7, 11) is 0. The lowest BCUT2D eigenvalue weighted by atomic mass is 9.89. The van der Waals surface area contributed by atoms with Gasteiger partial charge in [0.05, 0.1) is 5.56 Å². The standard InChI is InChI=1S/C11H21N3O/c1-7(2)14-10(15)8(6-12)9(13-14)11(3,4)5/h7,13H,6,12H2,1-5H3. The molecule has 0 saturated heterocycles. The van der Waals surface area contributed by atoms with Crippen LogP contribution in [0.1, 0.15) is 51.9 Å². The van der Waals surface area contributed by atoms with Gasteiger partial charge in [0.15, 0.2) is 0 Å². The molecule has 4 nitrogen and oxygen atoms in total. The van der Waals surface area contributed by atoms with E-state index in [1.54, 1.807) is 4.68 Å². The Morgan fingerprint density at radius 2 is 1.93 bits per heavy atom. The predicted octanol–water partition coefficient (Wildman–Crippen LogP) is 1.51. The Labute approximate surface area is 90.5 Å². The maximum absolute atomic E-state index is 12.0. The lowest BCUT2D eigenvalue weighted by Gasteiger charge is -2.18. The average Bonchev–Trinajstić information content (AvgIpc) is 2.41. The van der Waals surface area contributed by atoms with Crippen LogP contribution in [0.3, 0.4) is 0 Å². The topological polar surface area (TPSA) is 63.8 Å². The molecule has 1 aromatic rings. The highest BCUT2D eigenvalue weighted by atomic mass is 16.1. The summed E-state index contributed by atoms with van der Waals surface area (Å²) < 4.78 is 1.64. The summed E-state index contributed by atoms with van der Waals surface area (Å²) in [6.07, 6.45) is 0. The average molecular weight is 211 g/mol. The first-order valence-corrected chi connectivity index (χ1v) is 5.33. The van der Waals surface area contributed by atoms with E-state index in [1.165, 1.54) is 0 Å². The fraction of sp³-hybridized carbons (Fsp3) is 0.727. The van der Waals surface area contributed by atoms with Gasteiger partial charge in [0.25, 0.3) is 5.56 Å². The van der Waals surface area contributed by atoms with E-state index in [1.807, 2.05) is 13.8 Å². The van der Waals surface area contributed by atoms with Crippen LogP contribution in [0.25, 0.3) is 0 Å². The second-order valence-electron chi connectivity index (χ2n) is 5.19. The van der Waals surface area contributed by atoms with E-state index in [4.69, 9.17) is 5.73 Å². The molecule has 4 heteroatoms. The van der Waals surface area contributed by atoms with Gasteiger partial charge in [-0.25, -0.2) is 0 Å². The number of H-pyrrole nitrogens is 1. The van der Waals surface area contributed by atoms with Gasteiger partial charge in [0.1, 0.15) is 0 Å². The highest BCUT2D eigenvalue weighted by molar-refractivity contribution is 5.24. The van der Waals surface area contributed by atoms with Gasteiger partial charge in [-0.1, -0.05) is 20.8 Å². The molecule has 0 aliphatic carbocycles. The maximum Gasteiger partial charge on any atom is 0.271 e. The van der Waals surface area contributed by atoms with Crippen LogP contribution in [0.15, 0.2) is 4.79 Å². The van der Waals surface area contributed by atoms with E-state index < -0.39 is 0 Å². The van der Waals surface area contributed by atoms with Gasteiger partial charge in [-0.05, 0) is 13.8 Å². The van der Waals surface area contributed by atoms with E-state index in [0.29, 0.717) is 12.1 Å². The summed E-state index contributed by atoms with van der Waals surface area (Å²) in [4.78, 5) is 12.0. The molecular formula is C11H21N3O. The maximum atomic E-state index is 12.0. The van der Waals surface area contributed by atoms with E-state index in [-0.39, 0.29) is 17.0 Å². The van der Waals surface area contributed by atoms with E-state index in [2.05, 4.69) is 25.9 Å². The van der Waals surface area contributed by atoms with Crippen LogP contribution in [-0.4, -0.2) is 9.78 Å². The van der Waals surface area contributed by atoms with Crippen molar-refractivity contribution >= 4 is 0 Å². The Bertz CT molecular complexity index is 393. The molecule has 86 valence electrons. The van der Waals surface area contributed by atoms with Gasteiger partial charge >= 0.3 is 0 Å². The highest BCUT2D eigenvalue weighted by Crippen LogP contribution is 2.22. The van der Waals surface area contributed by atoms with Gasteiger partial charge in [-0.2, -0.15) is 0 Å². The molecule has 0 aliphatic heterocycles. The number of hydrogen-bond donors (Lipinski definition) is 2. The number of rotatable bonds is 2. The Balaban J connectivity index is 3.42. The lowest BCUT2D eigenvalue weighted by molar-refractivity contribution is 0.486. The van der Waals surface area contributed by atoms with E-state index >= 15 is 0 Å². The number of nitrogens with zero attached hydrogens (tertiary/aromatic N) is 1. The Morgan fingerprint density at radius 1 is 1.40 bits per heavy atom. The second kappa shape index (κ2) is 3.85. The number of nitrogens with two attached hydrogens (primary N) is 1. The number of hydrogen-bond acceptors (Lipinski definition) is 2. The second-order valence-corrected chi connectivity index (χ2v) is 5.19. The van der Waals surface area contributed by atoms with Crippen LogP contribution < -0.4 is 11.3 Å². The smallest absolute Gasteiger partial charge is 0.271 e. The zero-order valence-electron chi connectivity index (χ0n) is 10.2. The fourth-order valence-electron chi connectivity index (χ4n) is 1.66. The molecule has 1 rings (SSSR count). The predicted molar refractivity (Wildman–Crippen MR) is 62.0 cm³/mol. The van der Waals surface area contributed by atoms with Crippen molar-refractivity contribution in [3.63, 3.8) is 0 Å². The summed E-state index contributed by atoms with van der Waals surface area (Å²) in [5.74, 6) is 0. The molecule has 1 heterocycles. The molecular weight excluding hydrogens is 190 g/mol. The van der Waals surface area contributed by atoms with Crippen LogP contribution in [0.5, 0.6) is 0 Å². The van der Waals surface area contributed by atoms with E-state index in [9.17, 15) is 4.79 Å². The van der Waals surface area contributed by atoms with Crippen molar-refractivity contribution < 1.29 is 0 Å². The molecule has 0 radical (unpaired) electrons. The van der Waals surface area contributed by atoms with Gasteiger partial charge in [-0.3, -0.25) is 14.6 Å². The Morgan fingerprint density at radius 3 is 2.20 bits per heavy atom. The largest absolute Gasteiger partial charge is 0.326 e. The first kappa shape index (κ1) is 12.0. The molecule has 15 heavy (non-hydrogen) atoms. The van der Waals surface area contributed by atoms with Gasteiger partial charge in [0, 0.05) is 23.7 Å². The molecule has 0 aliphatic rings. The SMILES string of the molecule is CC(C)n1[nH]c(C(C)(C)C)c(CN)c1=O. The van der Waals surface area contributed by atoms with Crippen LogP contribution in [-0.2, 0) is 12.0 Å². The highest BCUT2D eigenvalue weighted by Gasteiger charge is 2.24. The molecule has 0 saturated carbocycles. The summed E-state index contributed by atoms with van der Waals surface area (Å²) in [5.41, 5.74) is 7.22. The van der Waals surface area contributed by atoms with Crippen molar-refractivity contribution in [1.29, 1.82) is 0 Å². The zero-order valence-corrected chi connectivity index (χ0v) is 10.2. The fourth-order valence-corrected chi connectivity index (χ4v) is 1.66. The van der Waals surface area contributed by atoms with Crippen molar-refractivity contribution in [2.45, 2.75) is 52.6 Å². The number of aromatic amines is 1. The minimum absolute atomic E-state index is 0.0115. The molecule has 0 fully saturated rings. The van der Waals surface area contributed by atoms with Crippen LogP contribution in [0.2, 0.25) is 0 Å². The van der Waals surface area contributed by atoms with Crippen molar-refractivity contribution in [1.82, 2.24) is 9.78 Å². The quantitative estimate of drug-likeness (QED) is 0.779. The third-order valence-electron chi connectivity index (χ3n) is 2.48. The van der Waals surface area contributed by atoms with Gasteiger partial charge in [0.2, 0.25) is 0 Å². The molecule has 1 aromatic heterocycles. The Hall–Kier alpha value is -1.03. The summed E-state index contributed by atoms with van der Waals surface area (Å²) >= 11 is 0. The van der Waals surface area contributed by atoms with Crippen molar-refractivity contribution in [2.75, 3.05) is 0 Å². The molecule has 0 amide bonds. The van der Waals surface area contributed by atoms with E-state index in [0.717, 1.165) is 5.69 Å². The lowest BCUT2D eigenvalue weighted by Crippen LogP contribution is -2.22. The summed E-state index contributed by atoms with van der Waals surface area (Å²) in [6.45, 7) is 10.5. The van der Waals surface area contributed by atoms with Gasteiger partial charge in [-0.15, -0.1) is 0 Å². The molecule has 0 atom stereocenters. The number of aromatic nitrogens is 2. The third-order valence-corrected chi connectivity index (χ3v) is 2.48. The Kier molecular flexibility index (Phi) is 3.09. The normalized spacial score (nSPS) is 12.5. The minimum Gasteiger partial charge on any atom is -0.326 e. The molecule has 0 aromatic carbocycles. The van der Waals surface area contributed by atoms with Crippen LogP contribution in [0.4, 0.5) is 0 Å². The summed E-state index contributed by atoms with van der Waals surface area (Å²) in [6, 6.07) is 0.138. The van der Waals surface area contributed by atoms with Crippen molar-refractivity contribution in [3.8, 4) is 0 Å². The first-order chi connectivity index (χ1) is 6.79. The minimum atomic E-state index is -0.0754. The molecule has 0 bridgehead atoms. The van der Waals surface area contributed by atoms with Gasteiger partial charge < -0.3 is 5.73 Å². The molecule has 0 spiro atoms. The molecule has 3 N–H and O–H groups in total. The van der Waals surface area contributed by atoms with Crippen molar-refractivity contribution in [3.05, 3.63) is 21.6 Å². The van der Waals surface area contributed by atoms with Crippen LogP contribution in [0, 0.1) is 0 Å². The monoisotopic (exact) mass is 211 g/mol. The van der Waals surface area contributed by atoms with Crippen LogP contribution >= 0.6 is 0 Å². The first-order valence-electron chi connectivity index (χ1n) is 5.33. The number of nitrogens with one attached hydrogen (secondary N) is 1. The van der Waals surface area contributed by atoms with Crippen molar-refractivity contribution in [2.24, 2.45) is 5.73 Å². The molecule has 0 unspecified atom stereocenters. The third kappa shape index (κ3) is 2.15. The summed E-state index contributed by atoms with van der Waals surface area (Å²) in [5, 5.41) is 3.16.